The molecular formula is C23H19N3O3S. The molecule has 7 heteroatoms. The molecule has 30 heavy (non-hydrogen) atoms. The summed E-state index contributed by atoms with van der Waals surface area (Å²) in [7, 11) is 1.60. The lowest BCUT2D eigenvalue weighted by molar-refractivity contribution is -0.118. The lowest BCUT2D eigenvalue weighted by atomic mass is 10.2. The van der Waals surface area contributed by atoms with Gasteiger partial charge in [-0.1, -0.05) is 6.07 Å². The first kappa shape index (κ1) is 19.6. The molecule has 0 fully saturated rings. The number of hydrogen-bond donors (Lipinski definition) is 1. The number of methoxy groups -OCH3 is 1. The van der Waals surface area contributed by atoms with Gasteiger partial charge in [-0.25, -0.2) is 9.97 Å². The summed E-state index contributed by atoms with van der Waals surface area (Å²) in [5.41, 5.74) is 2.46. The van der Waals surface area contributed by atoms with Crippen LogP contribution < -0.4 is 14.8 Å². The largest absolute Gasteiger partial charge is 0.497 e. The van der Waals surface area contributed by atoms with Gasteiger partial charge in [-0.05, 0) is 66.0 Å². The molecule has 150 valence electrons. The zero-order chi connectivity index (χ0) is 20.8. The van der Waals surface area contributed by atoms with Gasteiger partial charge in [0.15, 0.2) is 12.4 Å². The van der Waals surface area contributed by atoms with Crippen molar-refractivity contribution in [3.05, 3.63) is 78.3 Å². The second-order valence-corrected chi connectivity index (χ2v) is 7.28. The maximum atomic E-state index is 12.1. The van der Waals surface area contributed by atoms with Crippen LogP contribution in [0, 0.1) is 0 Å². The van der Waals surface area contributed by atoms with E-state index in [1.54, 1.807) is 61.0 Å². The van der Waals surface area contributed by atoms with Crippen LogP contribution in [-0.4, -0.2) is 29.6 Å². The van der Waals surface area contributed by atoms with E-state index in [2.05, 4.69) is 15.3 Å². The molecule has 2 aromatic carbocycles. The zero-order valence-electron chi connectivity index (χ0n) is 16.2. The van der Waals surface area contributed by atoms with E-state index in [-0.39, 0.29) is 12.5 Å². The third-order valence-electron chi connectivity index (χ3n) is 4.29. The summed E-state index contributed by atoms with van der Waals surface area (Å²) >= 11 is 1.64. The Morgan fingerprint density at radius 1 is 1.00 bits per heavy atom. The van der Waals surface area contributed by atoms with Gasteiger partial charge in [0, 0.05) is 17.4 Å². The Kier molecular flexibility index (Phi) is 6.01. The van der Waals surface area contributed by atoms with E-state index in [9.17, 15) is 4.79 Å². The molecule has 1 amide bonds. The monoisotopic (exact) mass is 417 g/mol. The van der Waals surface area contributed by atoms with Gasteiger partial charge in [0.2, 0.25) is 0 Å². The van der Waals surface area contributed by atoms with Crippen LogP contribution in [0.25, 0.3) is 22.0 Å². The molecule has 0 unspecified atom stereocenters. The van der Waals surface area contributed by atoms with Crippen molar-refractivity contribution < 1.29 is 14.3 Å². The molecule has 0 aliphatic carbocycles. The average Bonchev–Trinajstić information content (AvgIpc) is 3.34. The molecule has 2 heterocycles. The Morgan fingerprint density at radius 2 is 1.77 bits per heavy atom. The molecule has 0 saturated carbocycles. The Balaban J connectivity index is 1.35. The van der Waals surface area contributed by atoms with E-state index in [1.165, 1.54) is 0 Å². The lowest BCUT2D eigenvalue weighted by Crippen LogP contribution is -2.20. The van der Waals surface area contributed by atoms with Crippen LogP contribution in [0.3, 0.4) is 0 Å². The number of hydrogen-bond acceptors (Lipinski definition) is 6. The third-order valence-corrected chi connectivity index (χ3v) is 5.18. The quantitative estimate of drug-likeness (QED) is 0.463. The van der Waals surface area contributed by atoms with Crippen LogP contribution in [0.5, 0.6) is 11.5 Å². The Labute approximate surface area is 178 Å². The minimum Gasteiger partial charge on any atom is -0.497 e. The highest BCUT2D eigenvalue weighted by Crippen LogP contribution is 2.25. The first-order chi connectivity index (χ1) is 14.7. The van der Waals surface area contributed by atoms with Gasteiger partial charge in [0.25, 0.3) is 5.91 Å². The van der Waals surface area contributed by atoms with Crippen molar-refractivity contribution in [1.29, 1.82) is 0 Å². The number of ether oxygens (including phenoxy) is 2. The number of anilines is 1. The van der Waals surface area contributed by atoms with Crippen molar-refractivity contribution in [2.45, 2.75) is 0 Å². The number of nitrogens with zero attached hydrogens (tertiary/aromatic N) is 2. The van der Waals surface area contributed by atoms with Crippen molar-refractivity contribution >= 4 is 22.9 Å². The van der Waals surface area contributed by atoms with Crippen molar-refractivity contribution in [2.75, 3.05) is 19.0 Å². The van der Waals surface area contributed by atoms with E-state index < -0.39 is 0 Å². The molecule has 0 saturated heterocycles. The summed E-state index contributed by atoms with van der Waals surface area (Å²) in [5.74, 6) is 1.73. The molecule has 0 radical (unpaired) electrons. The number of rotatable bonds is 7. The van der Waals surface area contributed by atoms with Crippen LogP contribution in [0.4, 0.5) is 5.69 Å². The van der Waals surface area contributed by atoms with Gasteiger partial charge in [0.1, 0.15) is 11.5 Å². The lowest BCUT2D eigenvalue weighted by Gasteiger charge is -2.09. The minimum absolute atomic E-state index is 0.0876. The first-order valence-electron chi connectivity index (χ1n) is 9.25. The van der Waals surface area contributed by atoms with Gasteiger partial charge >= 0.3 is 0 Å². The highest BCUT2D eigenvalue weighted by molar-refractivity contribution is 7.13. The predicted molar refractivity (Wildman–Crippen MR) is 118 cm³/mol. The number of carbonyl (C=O) groups excluding carboxylic acids is 1. The number of amides is 1. The fourth-order valence-corrected chi connectivity index (χ4v) is 3.48. The predicted octanol–water partition coefficient (Wildman–Crippen LogP) is 4.90. The van der Waals surface area contributed by atoms with Crippen molar-refractivity contribution in [3.8, 4) is 33.5 Å². The van der Waals surface area contributed by atoms with Gasteiger partial charge in [-0.15, -0.1) is 11.3 Å². The van der Waals surface area contributed by atoms with Crippen molar-refractivity contribution in [2.24, 2.45) is 0 Å². The zero-order valence-corrected chi connectivity index (χ0v) is 17.1. The maximum absolute atomic E-state index is 12.1. The maximum Gasteiger partial charge on any atom is 0.262 e. The summed E-state index contributed by atoms with van der Waals surface area (Å²) in [4.78, 5) is 22.2. The van der Waals surface area contributed by atoms with Crippen molar-refractivity contribution in [3.63, 3.8) is 0 Å². The molecule has 1 N–H and O–H groups in total. The van der Waals surface area contributed by atoms with E-state index >= 15 is 0 Å². The van der Waals surface area contributed by atoms with Gasteiger partial charge < -0.3 is 14.8 Å². The topological polar surface area (TPSA) is 73.3 Å². The molecule has 2 aromatic heterocycles. The van der Waals surface area contributed by atoms with Crippen LogP contribution >= 0.6 is 11.3 Å². The van der Waals surface area contributed by atoms with Crippen molar-refractivity contribution in [1.82, 2.24) is 9.97 Å². The SMILES string of the molecule is COc1ccc(NC(=O)COc2ccc(-c3nccc(-c4cccs4)n3)cc2)cc1. The third kappa shape index (κ3) is 4.82. The number of carbonyl (C=O) groups is 1. The Hall–Kier alpha value is -3.71. The van der Waals surface area contributed by atoms with Gasteiger partial charge in [-0.2, -0.15) is 0 Å². The molecule has 0 spiro atoms. The molecule has 4 aromatic rings. The van der Waals surface area contributed by atoms with Gasteiger partial charge in [0.05, 0.1) is 17.7 Å². The summed E-state index contributed by atoms with van der Waals surface area (Å²) in [5, 5.41) is 4.80. The van der Waals surface area contributed by atoms with Crippen LogP contribution in [0.1, 0.15) is 0 Å². The Bertz CT molecular complexity index is 1110. The number of thiophene rings is 1. The molecule has 0 atom stereocenters. The van der Waals surface area contributed by atoms with E-state index in [4.69, 9.17) is 9.47 Å². The van der Waals surface area contributed by atoms with E-state index in [0.29, 0.717) is 17.3 Å². The standard InChI is InChI=1S/C23H19N3O3S/c1-28-18-10-6-17(7-11-18)25-22(27)15-29-19-8-4-16(5-9-19)23-24-13-12-20(26-23)21-3-2-14-30-21/h2-14H,15H2,1H3,(H,25,27). The molecule has 6 nitrogen and oxygen atoms in total. The smallest absolute Gasteiger partial charge is 0.262 e. The fourth-order valence-electron chi connectivity index (χ4n) is 2.78. The number of nitrogens with one attached hydrogen (secondary N) is 1. The normalized spacial score (nSPS) is 10.4. The second-order valence-electron chi connectivity index (χ2n) is 6.33. The molecule has 4 rings (SSSR count). The molecular weight excluding hydrogens is 398 g/mol. The number of aromatic nitrogens is 2. The van der Waals surface area contributed by atoms with E-state index in [1.807, 2.05) is 35.7 Å². The van der Waals surface area contributed by atoms with Crippen LogP contribution in [0.15, 0.2) is 78.3 Å². The summed E-state index contributed by atoms with van der Waals surface area (Å²) < 4.78 is 10.7. The van der Waals surface area contributed by atoms with Gasteiger partial charge in [-0.3, -0.25) is 4.79 Å². The molecule has 0 aliphatic rings. The number of benzene rings is 2. The molecule has 0 bridgehead atoms. The second kappa shape index (κ2) is 9.19. The summed E-state index contributed by atoms with van der Waals surface area (Å²) in [6.45, 7) is -0.0876. The molecule has 0 aliphatic heterocycles. The minimum atomic E-state index is -0.240. The highest BCUT2D eigenvalue weighted by atomic mass is 32.1. The average molecular weight is 417 g/mol. The van der Waals surface area contributed by atoms with Crippen LogP contribution in [0.2, 0.25) is 0 Å². The summed E-state index contributed by atoms with van der Waals surface area (Å²) in [6, 6.07) is 20.4. The Morgan fingerprint density at radius 3 is 2.47 bits per heavy atom. The fraction of sp³-hybridized carbons (Fsp3) is 0.0870. The van der Waals surface area contributed by atoms with E-state index in [0.717, 1.165) is 21.9 Å². The summed E-state index contributed by atoms with van der Waals surface area (Å²) in [6.07, 6.45) is 1.76. The first-order valence-corrected chi connectivity index (χ1v) is 10.1. The highest BCUT2D eigenvalue weighted by Gasteiger charge is 2.07. The van der Waals surface area contributed by atoms with Crippen LogP contribution in [-0.2, 0) is 4.79 Å².